The van der Waals surface area contributed by atoms with Gasteiger partial charge < -0.3 is 5.11 Å². The highest BCUT2D eigenvalue weighted by atomic mass is 79.9. The van der Waals surface area contributed by atoms with Gasteiger partial charge >= 0.3 is 5.97 Å². The van der Waals surface area contributed by atoms with Crippen molar-refractivity contribution in [2.75, 3.05) is 6.54 Å². The minimum Gasteiger partial charge on any atom is -0.480 e. The summed E-state index contributed by atoms with van der Waals surface area (Å²) in [6.45, 7) is 1.47. The molecular weight excluding hydrogens is 320 g/mol. The highest BCUT2D eigenvalue weighted by molar-refractivity contribution is 9.10. The van der Waals surface area contributed by atoms with E-state index in [-0.39, 0.29) is 6.04 Å². The molecule has 0 bridgehead atoms. The molecule has 0 spiro atoms. The number of hydrogen-bond donors (Lipinski definition) is 1. The van der Waals surface area contributed by atoms with E-state index in [0.29, 0.717) is 6.54 Å². The predicted octanol–water partition coefficient (Wildman–Crippen LogP) is 3.05. The third-order valence-corrected chi connectivity index (χ3v) is 4.51. The standard InChI is InChI=1S/C15H15BrN2O2/c16-12-6-5-10(14-11(12)3-1-7-17-14)9-18-8-2-4-13(18)15(19)20/h1,3,5-7,13H,2,4,8-9H2,(H,19,20)/t13-/m1/s1. The van der Waals surface area contributed by atoms with Gasteiger partial charge in [-0.25, -0.2) is 0 Å². The van der Waals surface area contributed by atoms with E-state index in [2.05, 4.69) is 20.9 Å². The second-order valence-electron chi connectivity index (χ2n) is 5.07. The Bertz CT molecular complexity index is 659. The van der Waals surface area contributed by atoms with Crippen molar-refractivity contribution in [2.45, 2.75) is 25.4 Å². The van der Waals surface area contributed by atoms with Gasteiger partial charge in [-0.1, -0.05) is 28.1 Å². The molecule has 5 heteroatoms. The summed E-state index contributed by atoms with van der Waals surface area (Å²) < 4.78 is 1.01. The topological polar surface area (TPSA) is 53.4 Å². The normalized spacial score (nSPS) is 19.6. The zero-order valence-electron chi connectivity index (χ0n) is 10.9. The molecule has 0 unspecified atom stereocenters. The number of aliphatic carboxylic acids is 1. The van der Waals surface area contributed by atoms with Crippen molar-refractivity contribution < 1.29 is 9.90 Å². The number of carboxylic acid groups (broad SMARTS) is 1. The number of benzene rings is 1. The van der Waals surface area contributed by atoms with Crippen molar-refractivity contribution in [1.82, 2.24) is 9.88 Å². The van der Waals surface area contributed by atoms with Crippen LogP contribution in [0.15, 0.2) is 34.9 Å². The first-order valence-corrected chi connectivity index (χ1v) is 7.45. The molecule has 0 radical (unpaired) electrons. The molecule has 1 saturated heterocycles. The highest BCUT2D eigenvalue weighted by Crippen LogP contribution is 2.28. The van der Waals surface area contributed by atoms with Gasteiger partial charge in [-0.2, -0.15) is 0 Å². The summed E-state index contributed by atoms with van der Waals surface area (Å²) in [6, 6.07) is 7.60. The quantitative estimate of drug-likeness (QED) is 0.937. The van der Waals surface area contributed by atoms with E-state index in [9.17, 15) is 9.90 Å². The van der Waals surface area contributed by atoms with Crippen molar-refractivity contribution in [3.05, 3.63) is 40.5 Å². The lowest BCUT2D eigenvalue weighted by Crippen LogP contribution is -2.35. The molecule has 1 N–H and O–H groups in total. The predicted molar refractivity (Wildman–Crippen MR) is 80.5 cm³/mol. The molecular formula is C15H15BrN2O2. The Balaban J connectivity index is 1.95. The second-order valence-corrected chi connectivity index (χ2v) is 5.93. The average Bonchev–Trinajstić information content (AvgIpc) is 2.91. The Hall–Kier alpha value is -1.46. The summed E-state index contributed by atoms with van der Waals surface area (Å²) in [5.41, 5.74) is 2.02. The Morgan fingerprint density at radius 1 is 1.45 bits per heavy atom. The monoisotopic (exact) mass is 334 g/mol. The second kappa shape index (κ2) is 5.50. The molecule has 1 fully saturated rings. The Morgan fingerprint density at radius 2 is 2.30 bits per heavy atom. The fourth-order valence-electron chi connectivity index (χ4n) is 2.84. The van der Waals surface area contributed by atoms with E-state index in [4.69, 9.17) is 0 Å². The maximum absolute atomic E-state index is 11.3. The molecule has 0 aliphatic carbocycles. The van der Waals surface area contributed by atoms with Crippen LogP contribution in [0, 0.1) is 0 Å². The Labute approximate surface area is 125 Å². The van der Waals surface area contributed by atoms with Gasteiger partial charge in [0.05, 0.1) is 5.52 Å². The van der Waals surface area contributed by atoms with Gasteiger partial charge in [0, 0.05) is 22.6 Å². The van der Waals surface area contributed by atoms with Crippen LogP contribution in [0.3, 0.4) is 0 Å². The van der Waals surface area contributed by atoms with Gasteiger partial charge in [-0.3, -0.25) is 14.7 Å². The summed E-state index contributed by atoms with van der Waals surface area (Å²) in [4.78, 5) is 17.7. The van der Waals surface area contributed by atoms with Gasteiger partial charge in [0.15, 0.2) is 0 Å². The van der Waals surface area contributed by atoms with E-state index >= 15 is 0 Å². The summed E-state index contributed by atoms with van der Waals surface area (Å²) >= 11 is 3.53. The highest BCUT2D eigenvalue weighted by Gasteiger charge is 2.30. The first-order chi connectivity index (χ1) is 9.66. The molecule has 3 rings (SSSR count). The summed E-state index contributed by atoms with van der Waals surface area (Å²) in [5.74, 6) is -0.725. The fraction of sp³-hybridized carbons (Fsp3) is 0.333. The third-order valence-electron chi connectivity index (χ3n) is 3.82. The van der Waals surface area contributed by atoms with Crippen LogP contribution in [0.4, 0.5) is 0 Å². The number of carbonyl (C=O) groups is 1. The molecule has 1 aromatic heterocycles. The van der Waals surface area contributed by atoms with Gasteiger partial charge in [-0.15, -0.1) is 0 Å². The van der Waals surface area contributed by atoms with Gasteiger partial charge in [0.1, 0.15) is 6.04 Å². The van der Waals surface area contributed by atoms with Crippen LogP contribution < -0.4 is 0 Å². The molecule has 0 amide bonds. The molecule has 20 heavy (non-hydrogen) atoms. The van der Waals surface area contributed by atoms with Gasteiger partial charge in [0.25, 0.3) is 0 Å². The molecule has 1 aliphatic heterocycles. The largest absolute Gasteiger partial charge is 0.480 e. The number of rotatable bonds is 3. The molecule has 1 atom stereocenters. The zero-order valence-corrected chi connectivity index (χ0v) is 12.5. The van der Waals surface area contributed by atoms with E-state index < -0.39 is 5.97 Å². The number of likely N-dealkylation sites (tertiary alicyclic amines) is 1. The lowest BCUT2D eigenvalue weighted by Gasteiger charge is -2.21. The molecule has 0 saturated carbocycles. The van der Waals surface area contributed by atoms with Crippen LogP contribution in [0.5, 0.6) is 0 Å². The SMILES string of the molecule is O=C(O)[C@H]1CCCN1Cc1ccc(Br)c2cccnc12. The summed E-state index contributed by atoms with van der Waals surface area (Å²) in [7, 11) is 0. The molecule has 2 heterocycles. The van der Waals surface area contributed by atoms with Crippen LogP contribution >= 0.6 is 15.9 Å². The van der Waals surface area contributed by atoms with Crippen molar-refractivity contribution in [2.24, 2.45) is 0 Å². The van der Waals surface area contributed by atoms with Crippen LogP contribution in [-0.4, -0.2) is 33.5 Å². The van der Waals surface area contributed by atoms with E-state index in [0.717, 1.165) is 40.3 Å². The third kappa shape index (κ3) is 2.43. The lowest BCUT2D eigenvalue weighted by molar-refractivity contribution is -0.142. The molecule has 1 aromatic carbocycles. The van der Waals surface area contributed by atoms with Crippen molar-refractivity contribution in [1.29, 1.82) is 0 Å². The van der Waals surface area contributed by atoms with Crippen LogP contribution in [0.25, 0.3) is 10.9 Å². The molecule has 4 nitrogen and oxygen atoms in total. The number of halogens is 1. The molecule has 1 aliphatic rings. The van der Waals surface area contributed by atoms with Gasteiger partial charge in [0.2, 0.25) is 0 Å². The minimum absolute atomic E-state index is 0.364. The number of fused-ring (bicyclic) bond motifs is 1. The van der Waals surface area contributed by atoms with Crippen molar-refractivity contribution in [3.8, 4) is 0 Å². The minimum atomic E-state index is -0.725. The van der Waals surface area contributed by atoms with Crippen molar-refractivity contribution >= 4 is 32.8 Å². The number of aromatic nitrogens is 1. The summed E-state index contributed by atoms with van der Waals surface area (Å²) in [6.07, 6.45) is 3.45. The number of pyridine rings is 1. The fourth-order valence-corrected chi connectivity index (χ4v) is 3.29. The van der Waals surface area contributed by atoms with Crippen LogP contribution in [-0.2, 0) is 11.3 Å². The van der Waals surface area contributed by atoms with E-state index in [1.807, 2.05) is 29.2 Å². The van der Waals surface area contributed by atoms with Crippen LogP contribution in [0.2, 0.25) is 0 Å². The smallest absolute Gasteiger partial charge is 0.320 e. The van der Waals surface area contributed by atoms with Crippen LogP contribution in [0.1, 0.15) is 18.4 Å². The lowest BCUT2D eigenvalue weighted by atomic mass is 10.1. The summed E-state index contributed by atoms with van der Waals surface area (Å²) in [5, 5.41) is 10.3. The first-order valence-electron chi connectivity index (χ1n) is 6.66. The van der Waals surface area contributed by atoms with E-state index in [1.165, 1.54) is 0 Å². The molecule has 104 valence electrons. The Morgan fingerprint density at radius 3 is 3.10 bits per heavy atom. The first kappa shape index (κ1) is 13.5. The number of carboxylic acids is 1. The Kier molecular flexibility index (Phi) is 3.72. The van der Waals surface area contributed by atoms with E-state index in [1.54, 1.807) is 6.20 Å². The van der Waals surface area contributed by atoms with Crippen molar-refractivity contribution in [3.63, 3.8) is 0 Å². The number of hydrogen-bond acceptors (Lipinski definition) is 3. The maximum atomic E-state index is 11.3. The average molecular weight is 335 g/mol. The zero-order chi connectivity index (χ0) is 14.1. The number of nitrogens with zero attached hydrogens (tertiary/aromatic N) is 2. The maximum Gasteiger partial charge on any atom is 0.320 e. The van der Waals surface area contributed by atoms with Gasteiger partial charge in [-0.05, 0) is 37.1 Å². The molecule has 2 aromatic rings.